The molecule has 0 bridgehead atoms. The van der Waals surface area contributed by atoms with Crippen LogP contribution in [0.3, 0.4) is 0 Å². The van der Waals surface area contributed by atoms with Gasteiger partial charge in [0.15, 0.2) is 23.9 Å². The van der Waals surface area contributed by atoms with Crippen LogP contribution in [-0.4, -0.2) is 49.7 Å². The number of anilines is 1. The molecule has 0 saturated heterocycles. The Hall–Kier alpha value is -5.64. The summed E-state index contributed by atoms with van der Waals surface area (Å²) in [4.78, 5) is 31.4. The topological polar surface area (TPSA) is 113 Å². The van der Waals surface area contributed by atoms with Crippen molar-refractivity contribution in [3.8, 4) is 34.4 Å². The van der Waals surface area contributed by atoms with Gasteiger partial charge in [0, 0.05) is 16.8 Å². The molecule has 0 saturated carbocycles. The van der Waals surface area contributed by atoms with E-state index in [4.69, 9.17) is 23.9 Å². The van der Waals surface area contributed by atoms with Crippen molar-refractivity contribution in [1.29, 1.82) is 0 Å². The number of benzene rings is 4. The van der Waals surface area contributed by atoms with E-state index >= 15 is 0 Å². The van der Waals surface area contributed by atoms with Gasteiger partial charge in [-0.1, -0.05) is 43.7 Å². The highest BCUT2D eigenvalue weighted by Crippen LogP contribution is 2.38. The molecule has 5 aromatic rings. The fourth-order valence-corrected chi connectivity index (χ4v) is 5.19. The van der Waals surface area contributed by atoms with E-state index in [-0.39, 0.29) is 29.7 Å². The first-order valence-electron chi connectivity index (χ1n) is 15.1. The monoisotopic (exact) mass is 634 g/mol. The molecule has 0 atom stereocenters. The molecule has 1 N–H and O–H groups in total. The zero-order valence-corrected chi connectivity index (χ0v) is 27.6. The lowest BCUT2D eigenvalue weighted by atomic mass is 9.96. The van der Waals surface area contributed by atoms with Crippen LogP contribution >= 0.6 is 0 Å². The number of amides is 1. The fourth-order valence-electron chi connectivity index (χ4n) is 5.19. The lowest BCUT2D eigenvalue weighted by molar-refractivity contribution is -0.118. The molecule has 0 radical (unpaired) electrons. The lowest BCUT2D eigenvalue weighted by Crippen LogP contribution is -2.21. The Labute approximate surface area is 273 Å². The standard InChI is InChI=1S/C37H38N4O6/c1-22(2)28-19-29(24(4)16-31(28)44-5)36-40-30-11-9-8-10-27(30)37(43)41(36)38-20-25-17-32(45-6)35(33(18-25)46-7)47-21-34(42)39-26-14-12-23(3)13-15-26/h8-20,22H,21H2,1-7H3,(H,39,42). The number of nitrogens with one attached hydrogen (secondary N) is 1. The molecule has 0 unspecified atom stereocenters. The predicted octanol–water partition coefficient (Wildman–Crippen LogP) is 6.73. The van der Waals surface area contributed by atoms with E-state index in [0.29, 0.717) is 39.5 Å². The molecule has 0 fully saturated rings. The minimum Gasteiger partial charge on any atom is -0.496 e. The van der Waals surface area contributed by atoms with E-state index in [2.05, 4.69) is 24.3 Å². The molecule has 0 aliphatic heterocycles. The van der Waals surface area contributed by atoms with Crippen LogP contribution in [0, 0.1) is 13.8 Å². The maximum absolute atomic E-state index is 13.9. The number of ether oxygens (including phenoxy) is 4. The Morgan fingerprint density at radius 2 is 1.57 bits per heavy atom. The van der Waals surface area contributed by atoms with Crippen molar-refractivity contribution >= 4 is 28.7 Å². The van der Waals surface area contributed by atoms with Crippen molar-refractivity contribution in [3.63, 3.8) is 0 Å². The zero-order chi connectivity index (χ0) is 33.7. The quantitative estimate of drug-likeness (QED) is 0.160. The lowest BCUT2D eigenvalue weighted by Gasteiger charge is -2.17. The van der Waals surface area contributed by atoms with Gasteiger partial charge in [0.1, 0.15) is 5.75 Å². The molecule has 47 heavy (non-hydrogen) atoms. The maximum atomic E-state index is 13.9. The third kappa shape index (κ3) is 7.12. The highest BCUT2D eigenvalue weighted by molar-refractivity contribution is 5.92. The number of para-hydroxylation sites is 1. The normalized spacial score (nSPS) is 11.2. The van der Waals surface area contributed by atoms with Crippen LogP contribution in [-0.2, 0) is 4.79 Å². The van der Waals surface area contributed by atoms with Gasteiger partial charge in [-0.2, -0.15) is 9.78 Å². The first kappa shape index (κ1) is 32.7. The molecule has 0 spiro atoms. The number of methoxy groups -OCH3 is 3. The maximum Gasteiger partial charge on any atom is 0.282 e. The summed E-state index contributed by atoms with van der Waals surface area (Å²) in [6.07, 6.45) is 1.53. The minimum absolute atomic E-state index is 0.169. The van der Waals surface area contributed by atoms with E-state index in [1.165, 1.54) is 25.1 Å². The third-order valence-corrected chi connectivity index (χ3v) is 7.68. The molecule has 1 aromatic heterocycles. The summed E-state index contributed by atoms with van der Waals surface area (Å²) in [6.45, 7) is 7.82. The van der Waals surface area contributed by atoms with E-state index < -0.39 is 0 Å². The Bertz CT molecular complexity index is 1990. The van der Waals surface area contributed by atoms with Gasteiger partial charge >= 0.3 is 0 Å². The van der Waals surface area contributed by atoms with Crippen LogP contribution in [0.5, 0.6) is 23.0 Å². The predicted molar refractivity (Wildman–Crippen MR) is 185 cm³/mol. The second-order valence-electron chi connectivity index (χ2n) is 11.3. The van der Waals surface area contributed by atoms with Crippen LogP contribution < -0.4 is 29.8 Å². The average Bonchev–Trinajstić information content (AvgIpc) is 3.07. The molecule has 10 nitrogen and oxygen atoms in total. The zero-order valence-electron chi connectivity index (χ0n) is 27.6. The molecule has 0 aliphatic rings. The van der Waals surface area contributed by atoms with Crippen LogP contribution in [0.4, 0.5) is 5.69 Å². The summed E-state index contributed by atoms with van der Waals surface area (Å²) < 4.78 is 24.0. The van der Waals surface area contributed by atoms with E-state index in [1.807, 2.05) is 62.4 Å². The largest absolute Gasteiger partial charge is 0.496 e. The van der Waals surface area contributed by atoms with Crippen molar-refractivity contribution < 1.29 is 23.7 Å². The Kier molecular flexibility index (Phi) is 9.89. The number of rotatable bonds is 11. The molecule has 1 amide bonds. The molecular formula is C37H38N4O6. The summed E-state index contributed by atoms with van der Waals surface area (Å²) in [5, 5.41) is 7.88. The average molecular weight is 635 g/mol. The van der Waals surface area contributed by atoms with Gasteiger partial charge in [-0.05, 0) is 79.4 Å². The van der Waals surface area contributed by atoms with Crippen molar-refractivity contribution in [2.24, 2.45) is 5.10 Å². The Morgan fingerprint density at radius 1 is 0.915 bits per heavy atom. The van der Waals surface area contributed by atoms with E-state index in [9.17, 15) is 9.59 Å². The van der Waals surface area contributed by atoms with Crippen LogP contribution in [0.25, 0.3) is 22.3 Å². The number of hydrogen-bond donors (Lipinski definition) is 1. The number of fused-ring (bicyclic) bond motifs is 1. The molecule has 10 heteroatoms. The molecule has 0 aliphatic carbocycles. The minimum atomic E-state index is -0.339. The third-order valence-electron chi connectivity index (χ3n) is 7.68. The number of carbonyl (C=O) groups is 1. The Balaban J connectivity index is 1.52. The number of aryl methyl sites for hydroxylation is 2. The molecule has 1 heterocycles. The van der Waals surface area contributed by atoms with Crippen molar-refractivity contribution in [2.75, 3.05) is 33.3 Å². The van der Waals surface area contributed by atoms with Gasteiger partial charge in [0.2, 0.25) is 5.75 Å². The summed E-state index contributed by atoms with van der Waals surface area (Å²) in [5.41, 5.74) is 5.20. The van der Waals surface area contributed by atoms with E-state index in [0.717, 1.165) is 28.0 Å². The Morgan fingerprint density at radius 3 is 2.21 bits per heavy atom. The van der Waals surface area contributed by atoms with Gasteiger partial charge in [-0.15, -0.1) is 0 Å². The van der Waals surface area contributed by atoms with Gasteiger partial charge in [-0.25, -0.2) is 4.98 Å². The molecule has 242 valence electrons. The number of hydrogen-bond acceptors (Lipinski definition) is 8. The molecule has 4 aromatic carbocycles. The second kappa shape index (κ2) is 14.2. The van der Waals surface area contributed by atoms with Crippen molar-refractivity contribution in [2.45, 2.75) is 33.6 Å². The molecular weight excluding hydrogens is 596 g/mol. The fraction of sp³-hybridized carbons (Fsp3) is 0.243. The van der Waals surface area contributed by atoms with Gasteiger partial charge < -0.3 is 24.3 Å². The highest BCUT2D eigenvalue weighted by atomic mass is 16.5. The van der Waals surface area contributed by atoms with Gasteiger partial charge in [0.25, 0.3) is 11.5 Å². The number of carbonyl (C=O) groups excluding carboxylic acids is 1. The van der Waals surface area contributed by atoms with Gasteiger partial charge in [-0.3, -0.25) is 9.59 Å². The van der Waals surface area contributed by atoms with Crippen LogP contribution in [0.15, 0.2) is 82.7 Å². The first-order valence-corrected chi connectivity index (χ1v) is 15.1. The number of nitrogens with zero attached hydrogens (tertiary/aromatic N) is 3. The summed E-state index contributed by atoms with van der Waals surface area (Å²) in [7, 11) is 4.63. The SMILES string of the molecule is COc1cc(C)c(-c2nc3ccccc3c(=O)n2N=Cc2cc(OC)c(OCC(=O)Nc3ccc(C)cc3)c(OC)c2)cc1C(C)C. The van der Waals surface area contributed by atoms with Crippen LogP contribution in [0.1, 0.15) is 42.0 Å². The summed E-state index contributed by atoms with van der Waals surface area (Å²) in [6, 6.07) is 22.0. The van der Waals surface area contributed by atoms with Crippen molar-refractivity contribution in [3.05, 3.63) is 105 Å². The van der Waals surface area contributed by atoms with E-state index in [1.54, 1.807) is 31.4 Å². The van der Waals surface area contributed by atoms with Crippen molar-refractivity contribution in [1.82, 2.24) is 9.66 Å². The summed E-state index contributed by atoms with van der Waals surface area (Å²) >= 11 is 0. The first-order chi connectivity index (χ1) is 22.6. The van der Waals surface area contributed by atoms with Crippen LogP contribution in [0.2, 0.25) is 0 Å². The highest BCUT2D eigenvalue weighted by Gasteiger charge is 2.19. The number of aromatic nitrogens is 2. The molecule has 5 rings (SSSR count). The smallest absolute Gasteiger partial charge is 0.282 e. The summed E-state index contributed by atoms with van der Waals surface area (Å²) in [5.74, 6) is 1.90. The second-order valence-corrected chi connectivity index (χ2v) is 11.3. The van der Waals surface area contributed by atoms with Gasteiger partial charge in [0.05, 0.1) is 38.4 Å².